The molecule has 2 aliphatic rings. The normalized spacial score (nSPS) is 19.2. The van der Waals surface area contributed by atoms with Crippen molar-refractivity contribution in [3.05, 3.63) is 44.3 Å². The highest BCUT2D eigenvalue weighted by atomic mass is 32.2. The summed E-state index contributed by atoms with van der Waals surface area (Å²) in [6, 6.07) is 3.04. The van der Waals surface area contributed by atoms with Crippen molar-refractivity contribution in [1.29, 1.82) is 0 Å². The van der Waals surface area contributed by atoms with Crippen molar-refractivity contribution in [2.24, 2.45) is 5.92 Å². The minimum atomic E-state index is -0.523. The first-order chi connectivity index (χ1) is 11.0. The lowest BCUT2D eigenvalue weighted by Gasteiger charge is -2.24. The molecule has 0 bridgehead atoms. The van der Waals surface area contributed by atoms with E-state index in [9.17, 15) is 10.1 Å². The molecule has 4 rings (SSSR count). The van der Waals surface area contributed by atoms with Gasteiger partial charge in [0.1, 0.15) is 15.7 Å². The van der Waals surface area contributed by atoms with Crippen molar-refractivity contribution in [2.45, 2.75) is 30.8 Å². The van der Waals surface area contributed by atoms with Crippen molar-refractivity contribution >= 4 is 29.4 Å². The average molecular weight is 351 g/mol. The predicted molar refractivity (Wildman–Crippen MR) is 86.4 cm³/mol. The van der Waals surface area contributed by atoms with E-state index in [1.807, 2.05) is 15.1 Å². The van der Waals surface area contributed by atoms with Gasteiger partial charge in [-0.1, -0.05) is 25.6 Å². The molecule has 0 amide bonds. The molecule has 10 heteroatoms. The van der Waals surface area contributed by atoms with Crippen molar-refractivity contribution in [3.63, 3.8) is 0 Å². The van der Waals surface area contributed by atoms with Crippen LogP contribution >= 0.6 is 23.5 Å². The van der Waals surface area contributed by atoms with Gasteiger partial charge < -0.3 is 4.42 Å². The first-order valence-electron chi connectivity index (χ1n) is 7.06. The van der Waals surface area contributed by atoms with Gasteiger partial charge in [0.2, 0.25) is 5.16 Å². The Morgan fingerprint density at radius 2 is 2.26 bits per heavy atom. The van der Waals surface area contributed by atoms with Crippen LogP contribution in [0.4, 0.5) is 5.88 Å². The van der Waals surface area contributed by atoms with Gasteiger partial charge in [-0.3, -0.25) is 10.1 Å². The van der Waals surface area contributed by atoms with Crippen LogP contribution < -0.4 is 5.01 Å². The Balaban J connectivity index is 1.70. The van der Waals surface area contributed by atoms with Crippen LogP contribution in [-0.2, 0) is 6.42 Å². The maximum atomic E-state index is 10.8. The molecule has 2 aromatic heterocycles. The summed E-state index contributed by atoms with van der Waals surface area (Å²) in [5, 5.41) is 25.1. The lowest BCUT2D eigenvalue weighted by Crippen LogP contribution is -2.31. The van der Waals surface area contributed by atoms with Crippen LogP contribution in [0.5, 0.6) is 0 Å². The van der Waals surface area contributed by atoms with E-state index in [4.69, 9.17) is 4.42 Å². The summed E-state index contributed by atoms with van der Waals surface area (Å²) in [5.74, 6) is 1.65. The zero-order valence-electron chi connectivity index (χ0n) is 12.4. The fourth-order valence-corrected chi connectivity index (χ4v) is 4.74. The van der Waals surface area contributed by atoms with Crippen LogP contribution in [0.2, 0.25) is 0 Å². The molecule has 1 atom stereocenters. The third-order valence-electron chi connectivity index (χ3n) is 3.46. The monoisotopic (exact) mass is 351 g/mol. The highest BCUT2D eigenvalue weighted by molar-refractivity contribution is 8.07. The van der Waals surface area contributed by atoms with Gasteiger partial charge >= 0.3 is 5.88 Å². The van der Waals surface area contributed by atoms with Crippen molar-refractivity contribution in [2.75, 3.05) is 5.01 Å². The Kier molecular flexibility index (Phi) is 3.38. The topological polar surface area (TPSA) is 90.2 Å². The lowest BCUT2D eigenvalue weighted by molar-refractivity contribution is -0.402. The van der Waals surface area contributed by atoms with E-state index in [-0.39, 0.29) is 11.3 Å². The van der Waals surface area contributed by atoms with Gasteiger partial charge in [-0.05, 0) is 23.7 Å². The summed E-state index contributed by atoms with van der Waals surface area (Å²) in [6.45, 7) is 4.26. The summed E-state index contributed by atoms with van der Waals surface area (Å²) in [4.78, 5) is 10.3. The SMILES string of the molecule is CC(C)Cc1nnc2n1N1C(=CSC1c1ccc([N+](=O)[O-])o1)S2. The van der Waals surface area contributed by atoms with E-state index in [0.29, 0.717) is 11.7 Å². The van der Waals surface area contributed by atoms with Gasteiger partial charge in [0.25, 0.3) is 0 Å². The molecule has 0 radical (unpaired) electrons. The Labute approximate surface area is 140 Å². The Hall–Kier alpha value is -1.94. The fourth-order valence-electron chi connectivity index (χ4n) is 2.55. The summed E-state index contributed by atoms with van der Waals surface area (Å²) in [5.41, 5.74) is 0. The number of nitro groups is 1. The Morgan fingerprint density at radius 1 is 1.43 bits per heavy atom. The number of nitrogens with zero attached hydrogens (tertiary/aromatic N) is 5. The molecule has 2 aromatic rings. The number of rotatable bonds is 4. The highest BCUT2D eigenvalue weighted by Crippen LogP contribution is 2.51. The van der Waals surface area contributed by atoms with Gasteiger partial charge in [0.15, 0.2) is 11.2 Å². The maximum Gasteiger partial charge on any atom is 0.433 e. The smallest absolute Gasteiger partial charge is 0.403 e. The molecule has 0 spiro atoms. The van der Waals surface area contributed by atoms with Crippen LogP contribution in [0, 0.1) is 16.0 Å². The average Bonchev–Trinajstić information content (AvgIpc) is 3.19. The molecule has 0 aliphatic carbocycles. The summed E-state index contributed by atoms with van der Waals surface area (Å²) in [6.07, 6.45) is 0.813. The minimum absolute atomic E-state index is 0.186. The van der Waals surface area contributed by atoms with Crippen LogP contribution in [0.1, 0.15) is 30.8 Å². The molecule has 0 saturated carbocycles. The quantitative estimate of drug-likeness (QED) is 0.612. The number of hydrogen-bond donors (Lipinski definition) is 0. The lowest BCUT2D eigenvalue weighted by atomic mass is 10.1. The predicted octanol–water partition coefficient (Wildman–Crippen LogP) is 3.27. The minimum Gasteiger partial charge on any atom is -0.403 e. The van der Waals surface area contributed by atoms with E-state index in [1.54, 1.807) is 29.6 Å². The molecule has 0 aromatic carbocycles. The third kappa shape index (κ3) is 2.32. The van der Waals surface area contributed by atoms with Crippen LogP contribution in [0.15, 0.2) is 32.1 Å². The largest absolute Gasteiger partial charge is 0.433 e. The fraction of sp³-hybridized carbons (Fsp3) is 0.385. The number of furan rings is 1. The van der Waals surface area contributed by atoms with E-state index in [0.717, 1.165) is 22.4 Å². The number of fused-ring (bicyclic) bond motifs is 3. The summed E-state index contributed by atoms with van der Waals surface area (Å²) >= 11 is 3.10. The molecule has 8 nitrogen and oxygen atoms in total. The number of thioether (sulfide) groups is 2. The summed E-state index contributed by atoms with van der Waals surface area (Å²) in [7, 11) is 0. The molecule has 1 unspecified atom stereocenters. The van der Waals surface area contributed by atoms with Crippen LogP contribution in [-0.4, -0.2) is 19.8 Å². The van der Waals surface area contributed by atoms with Crippen LogP contribution in [0.3, 0.4) is 0 Å². The van der Waals surface area contributed by atoms with Crippen molar-refractivity contribution < 1.29 is 9.34 Å². The summed E-state index contributed by atoms with van der Waals surface area (Å²) < 4.78 is 7.39. The molecular weight excluding hydrogens is 338 g/mol. The Morgan fingerprint density at radius 3 is 2.96 bits per heavy atom. The van der Waals surface area contributed by atoms with Gasteiger partial charge in [-0.25, -0.2) is 9.69 Å². The van der Waals surface area contributed by atoms with Gasteiger partial charge in [-0.15, -0.1) is 10.2 Å². The Bertz CT molecular complexity index is 812. The van der Waals surface area contributed by atoms with E-state index >= 15 is 0 Å². The molecule has 0 fully saturated rings. The van der Waals surface area contributed by atoms with E-state index in [2.05, 4.69) is 24.0 Å². The standard InChI is InChI=1S/C13H13N5O3S2/c1-7(2)5-9-14-15-13-16(9)17-11(23-13)6-22-12(17)8-3-4-10(21-8)18(19)20/h3-4,6-7,12H,5H2,1-2H3. The first kappa shape index (κ1) is 14.6. The second kappa shape index (κ2) is 5.31. The molecule has 0 saturated heterocycles. The second-order valence-corrected chi connectivity index (χ2v) is 7.57. The second-order valence-electron chi connectivity index (χ2n) is 5.63. The van der Waals surface area contributed by atoms with Crippen LogP contribution in [0.25, 0.3) is 0 Å². The third-order valence-corrected chi connectivity index (χ3v) is 5.61. The zero-order valence-corrected chi connectivity index (χ0v) is 14.0. The number of aromatic nitrogens is 3. The van der Waals surface area contributed by atoms with Crippen molar-refractivity contribution in [3.8, 4) is 0 Å². The maximum absolute atomic E-state index is 10.8. The molecule has 120 valence electrons. The van der Waals surface area contributed by atoms with Gasteiger partial charge in [0.05, 0.1) is 6.07 Å². The van der Waals surface area contributed by atoms with Gasteiger partial charge in [-0.2, -0.15) is 0 Å². The molecule has 23 heavy (non-hydrogen) atoms. The van der Waals surface area contributed by atoms with E-state index < -0.39 is 4.92 Å². The number of hydrogen-bond acceptors (Lipinski definition) is 8. The molecule has 2 aliphatic heterocycles. The molecule has 0 N–H and O–H groups in total. The highest BCUT2D eigenvalue weighted by Gasteiger charge is 2.41. The van der Waals surface area contributed by atoms with Crippen molar-refractivity contribution in [1.82, 2.24) is 14.9 Å². The van der Waals surface area contributed by atoms with E-state index in [1.165, 1.54) is 6.07 Å². The zero-order chi connectivity index (χ0) is 16.1. The molecule has 4 heterocycles. The first-order valence-corrected chi connectivity index (χ1v) is 8.82. The molecular formula is C13H13N5O3S2. The van der Waals surface area contributed by atoms with Gasteiger partial charge in [0, 0.05) is 11.8 Å².